The largest absolute Gasteiger partial charge is 0.488 e. The van der Waals surface area contributed by atoms with Gasteiger partial charge in [-0.25, -0.2) is 13.6 Å². The van der Waals surface area contributed by atoms with Crippen LogP contribution in [0.3, 0.4) is 0 Å². The second-order valence-electron chi connectivity index (χ2n) is 10.8. The van der Waals surface area contributed by atoms with E-state index in [2.05, 4.69) is 0 Å². The number of nitriles is 1. The Labute approximate surface area is 239 Å². The van der Waals surface area contributed by atoms with Crippen molar-refractivity contribution >= 4 is 17.7 Å². The molecule has 0 spiro atoms. The van der Waals surface area contributed by atoms with Crippen LogP contribution in [-0.4, -0.2) is 57.2 Å². The third-order valence-corrected chi connectivity index (χ3v) is 7.91. The van der Waals surface area contributed by atoms with Crippen molar-refractivity contribution in [2.24, 2.45) is 0 Å². The van der Waals surface area contributed by atoms with Crippen LogP contribution in [0.2, 0.25) is 5.02 Å². The molecule has 1 saturated heterocycles. The van der Waals surface area contributed by atoms with Crippen molar-refractivity contribution in [1.82, 2.24) is 4.90 Å². The average Bonchev–Trinajstić information content (AvgIpc) is 3.47. The van der Waals surface area contributed by atoms with Gasteiger partial charge in [0.25, 0.3) is 0 Å². The molecule has 3 N–H and O–H groups in total. The molecule has 8 nitrogen and oxygen atoms in total. The number of nitrogens with zero attached hydrogens (tertiary/aromatic N) is 2. The number of fused-ring (bicyclic) bond motifs is 1. The molecular weight excluding hydrogens is 558 g/mol. The Bertz CT molecular complexity index is 1560. The highest BCUT2D eigenvalue weighted by atomic mass is 35.5. The van der Waals surface area contributed by atoms with Crippen LogP contribution in [0.4, 0.5) is 13.6 Å². The van der Waals surface area contributed by atoms with Gasteiger partial charge in [0.05, 0.1) is 40.9 Å². The molecular formula is C30H27ClF2N2O6. The quantitative estimate of drug-likeness (QED) is 0.361. The minimum atomic E-state index is -1.45. The smallest absolute Gasteiger partial charge is 0.407 e. The van der Waals surface area contributed by atoms with Crippen molar-refractivity contribution in [3.63, 3.8) is 0 Å². The Hall–Kier alpha value is -3.91. The molecule has 41 heavy (non-hydrogen) atoms. The van der Waals surface area contributed by atoms with E-state index in [-0.39, 0.29) is 59.7 Å². The number of hydrogen-bond acceptors (Lipinski definition) is 6. The van der Waals surface area contributed by atoms with Gasteiger partial charge in [0.1, 0.15) is 18.2 Å². The molecule has 3 aromatic carbocycles. The molecule has 2 unspecified atom stereocenters. The summed E-state index contributed by atoms with van der Waals surface area (Å²) in [5.41, 5.74) is -2.57. The Kier molecular flexibility index (Phi) is 7.32. The molecule has 214 valence electrons. The number of carboxylic acid groups (broad SMARTS) is 1. The van der Waals surface area contributed by atoms with E-state index < -0.39 is 46.1 Å². The second kappa shape index (κ2) is 10.5. The van der Waals surface area contributed by atoms with E-state index in [9.17, 15) is 25.4 Å². The molecule has 3 aromatic rings. The van der Waals surface area contributed by atoms with Crippen molar-refractivity contribution in [2.45, 2.75) is 50.0 Å². The first-order chi connectivity index (χ1) is 19.4. The van der Waals surface area contributed by atoms with Gasteiger partial charge in [0, 0.05) is 35.6 Å². The summed E-state index contributed by atoms with van der Waals surface area (Å²) in [5.74, 6) is -2.18. The number of rotatable bonds is 6. The van der Waals surface area contributed by atoms with Gasteiger partial charge in [-0.3, -0.25) is 4.90 Å². The fourth-order valence-corrected chi connectivity index (χ4v) is 6.09. The van der Waals surface area contributed by atoms with Crippen molar-refractivity contribution in [3.05, 3.63) is 81.9 Å². The molecule has 2 aliphatic rings. The summed E-state index contributed by atoms with van der Waals surface area (Å²) in [4.78, 5) is 13.4. The summed E-state index contributed by atoms with van der Waals surface area (Å²) in [7, 11) is 0. The lowest BCUT2D eigenvalue weighted by molar-refractivity contribution is 0.00518. The summed E-state index contributed by atoms with van der Waals surface area (Å²) in [6, 6.07) is 13.3. The molecule has 1 amide bonds. The summed E-state index contributed by atoms with van der Waals surface area (Å²) in [6.07, 6.45) is -2.24. The summed E-state index contributed by atoms with van der Waals surface area (Å²) < 4.78 is 43.3. The number of carbonyl (C=O) groups is 1. The molecule has 0 saturated carbocycles. The molecule has 0 bridgehead atoms. The third-order valence-electron chi connectivity index (χ3n) is 7.54. The van der Waals surface area contributed by atoms with Gasteiger partial charge in [0.2, 0.25) is 0 Å². The monoisotopic (exact) mass is 584 g/mol. The number of amides is 1. The van der Waals surface area contributed by atoms with Crippen LogP contribution in [0.1, 0.15) is 37.0 Å². The second-order valence-corrected chi connectivity index (χ2v) is 11.1. The minimum Gasteiger partial charge on any atom is -0.488 e. The van der Waals surface area contributed by atoms with E-state index in [0.717, 1.165) is 11.0 Å². The fraction of sp³-hybridized carbons (Fsp3) is 0.333. The van der Waals surface area contributed by atoms with Gasteiger partial charge in [-0.1, -0.05) is 41.9 Å². The first kappa shape index (κ1) is 28.6. The van der Waals surface area contributed by atoms with Crippen LogP contribution in [0.15, 0.2) is 48.5 Å². The van der Waals surface area contributed by atoms with E-state index in [1.165, 1.54) is 26.0 Å². The molecule has 11 heteroatoms. The van der Waals surface area contributed by atoms with Gasteiger partial charge in [-0.2, -0.15) is 5.26 Å². The Morgan fingerprint density at radius 2 is 1.98 bits per heavy atom. The van der Waals surface area contributed by atoms with Gasteiger partial charge in [-0.05, 0) is 31.5 Å². The molecule has 5 rings (SSSR count). The van der Waals surface area contributed by atoms with E-state index in [1.807, 2.05) is 6.07 Å². The number of hydrogen-bond donors (Lipinski definition) is 3. The summed E-state index contributed by atoms with van der Waals surface area (Å²) >= 11 is 6.48. The van der Waals surface area contributed by atoms with Crippen molar-refractivity contribution < 1.29 is 38.4 Å². The lowest BCUT2D eigenvalue weighted by atomic mass is 9.78. The number of ether oxygens (including phenoxy) is 2. The van der Waals surface area contributed by atoms with Gasteiger partial charge < -0.3 is 24.8 Å². The van der Waals surface area contributed by atoms with E-state index in [1.54, 1.807) is 30.3 Å². The highest BCUT2D eigenvalue weighted by Crippen LogP contribution is 2.54. The zero-order valence-corrected chi connectivity index (χ0v) is 23.0. The number of benzene rings is 3. The lowest BCUT2D eigenvalue weighted by Crippen LogP contribution is -2.52. The number of aliphatic hydroxyl groups is 2. The first-order valence-corrected chi connectivity index (χ1v) is 13.3. The Morgan fingerprint density at radius 1 is 1.27 bits per heavy atom. The molecule has 0 aromatic heterocycles. The molecule has 4 atom stereocenters. The molecule has 2 aliphatic heterocycles. The molecule has 2 heterocycles. The topological polar surface area (TPSA) is 123 Å². The lowest BCUT2D eigenvalue weighted by Gasteiger charge is -2.39. The number of likely N-dealkylation sites (tertiary alicyclic amines) is 1. The minimum absolute atomic E-state index is 0.00114. The number of β-amino-alcohol motifs (C(OH)–C–C–N with tert-alkyl or cyclic N) is 1. The van der Waals surface area contributed by atoms with E-state index >= 15 is 8.78 Å². The van der Waals surface area contributed by atoms with Crippen LogP contribution >= 0.6 is 11.6 Å². The maximum atomic E-state index is 16.0. The van der Waals surface area contributed by atoms with Crippen LogP contribution in [0, 0.1) is 23.0 Å². The van der Waals surface area contributed by atoms with Crippen molar-refractivity contribution in [1.29, 1.82) is 5.26 Å². The standard InChI is InChI=1S/C30H27ClF2N2O6/c1-16(36)14-40-21-9-8-17(13-34)24(27(21)33)25-19-11-30(18-6-4-3-5-7-18,41-22(19)10-20(32)26(25)31)23-12-29(2,39)15-35(23)28(37)38/h3-10,16,23,36,39H,11-12,14-15H2,1-2H3,(H,37,38)/t16-,23?,29?,30-/m0/s1. The predicted octanol–water partition coefficient (Wildman–Crippen LogP) is 5.25. The summed E-state index contributed by atoms with van der Waals surface area (Å²) in [6.45, 7) is 2.57. The summed E-state index contributed by atoms with van der Waals surface area (Å²) in [5, 5.41) is 40.0. The first-order valence-electron chi connectivity index (χ1n) is 12.9. The van der Waals surface area contributed by atoms with E-state index in [4.69, 9.17) is 21.1 Å². The predicted molar refractivity (Wildman–Crippen MR) is 145 cm³/mol. The zero-order valence-electron chi connectivity index (χ0n) is 22.2. The molecule has 0 radical (unpaired) electrons. The maximum Gasteiger partial charge on any atom is 0.407 e. The third kappa shape index (κ3) is 4.95. The van der Waals surface area contributed by atoms with Crippen LogP contribution < -0.4 is 9.47 Å². The van der Waals surface area contributed by atoms with Gasteiger partial charge in [0.15, 0.2) is 17.2 Å². The van der Waals surface area contributed by atoms with Crippen LogP contribution in [0.25, 0.3) is 11.1 Å². The highest BCUT2D eigenvalue weighted by Gasteiger charge is 2.58. The zero-order chi connectivity index (χ0) is 29.7. The van der Waals surface area contributed by atoms with Crippen LogP contribution in [-0.2, 0) is 12.0 Å². The highest BCUT2D eigenvalue weighted by molar-refractivity contribution is 6.34. The Morgan fingerprint density at radius 3 is 2.61 bits per heavy atom. The number of halogens is 3. The van der Waals surface area contributed by atoms with Crippen LogP contribution in [0.5, 0.6) is 11.5 Å². The normalized spacial score (nSPS) is 24.0. The fourth-order valence-electron chi connectivity index (χ4n) is 5.82. The van der Waals surface area contributed by atoms with Crippen molar-refractivity contribution in [2.75, 3.05) is 13.2 Å². The molecule has 0 aliphatic carbocycles. The molecule has 1 fully saturated rings. The number of aliphatic hydroxyl groups excluding tert-OH is 1. The SMILES string of the molecule is C[C@H](O)COc1ccc(C#N)c(-c2c(Cl)c(F)cc3c2C[C@](c2ccccc2)(C2CC(C)(O)CN2C(=O)O)O3)c1F. The maximum absolute atomic E-state index is 16.0. The van der Waals surface area contributed by atoms with Crippen molar-refractivity contribution in [3.8, 4) is 28.7 Å². The average molecular weight is 585 g/mol. The van der Waals surface area contributed by atoms with Gasteiger partial charge >= 0.3 is 6.09 Å². The van der Waals surface area contributed by atoms with Gasteiger partial charge in [-0.15, -0.1) is 0 Å². The Balaban J connectivity index is 1.74. The van der Waals surface area contributed by atoms with E-state index in [0.29, 0.717) is 5.56 Å².